The minimum Gasteiger partial charge on any atom is -0.369 e. The molecule has 1 saturated heterocycles. The Hall–Kier alpha value is -0.680. The van der Waals surface area contributed by atoms with Crippen LogP contribution in [-0.2, 0) is 10.3 Å². The van der Waals surface area contributed by atoms with Crippen molar-refractivity contribution >= 4 is 21.7 Å². The smallest absolute Gasteiger partial charge is 0.162 e. The van der Waals surface area contributed by atoms with Crippen LogP contribution in [0.1, 0.15) is 38.9 Å². The number of ether oxygens (including phenoxy) is 1. The zero-order valence-electron chi connectivity index (χ0n) is 10.3. The zero-order valence-corrected chi connectivity index (χ0v) is 11.9. The highest BCUT2D eigenvalue weighted by Crippen LogP contribution is 2.33. The normalized spacial score (nSPS) is 24.6. The molecule has 1 fully saturated rings. The molecule has 94 valence electrons. The van der Waals surface area contributed by atoms with Gasteiger partial charge in [0.25, 0.3) is 0 Å². The molecule has 1 aliphatic rings. The van der Waals surface area contributed by atoms with Crippen LogP contribution in [0, 0.1) is 0 Å². The van der Waals surface area contributed by atoms with Crippen LogP contribution in [-0.4, -0.2) is 23.1 Å². The molecule has 0 bridgehead atoms. The molecule has 1 N–H and O–H groups in total. The van der Waals surface area contributed by atoms with E-state index < -0.39 is 0 Å². The molecule has 0 radical (unpaired) electrons. The van der Waals surface area contributed by atoms with Crippen molar-refractivity contribution < 1.29 is 4.74 Å². The van der Waals surface area contributed by atoms with E-state index in [1.807, 2.05) is 6.92 Å². The lowest BCUT2D eigenvalue weighted by Crippen LogP contribution is -2.32. The lowest BCUT2D eigenvalue weighted by molar-refractivity contribution is -0.0759. The summed E-state index contributed by atoms with van der Waals surface area (Å²) in [5.41, 5.74) is -0.330. The van der Waals surface area contributed by atoms with Gasteiger partial charge in [0.1, 0.15) is 11.4 Å². The van der Waals surface area contributed by atoms with E-state index in [4.69, 9.17) is 4.74 Å². The van der Waals surface area contributed by atoms with Gasteiger partial charge in [-0.3, -0.25) is 0 Å². The van der Waals surface area contributed by atoms with Crippen LogP contribution in [0.25, 0.3) is 0 Å². The van der Waals surface area contributed by atoms with Crippen LogP contribution < -0.4 is 5.32 Å². The summed E-state index contributed by atoms with van der Waals surface area (Å²) >= 11 is 3.44. The molecule has 1 aromatic heterocycles. The highest BCUT2D eigenvalue weighted by Gasteiger charge is 2.33. The summed E-state index contributed by atoms with van der Waals surface area (Å²) in [5.74, 6) is 1.62. The van der Waals surface area contributed by atoms with Gasteiger partial charge >= 0.3 is 0 Å². The first-order valence-corrected chi connectivity index (χ1v) is 6.86. The van der Waals surface area contributed by atoms with Gasteiger partial charge in [0.15, 0.2) is 5.82 Å². The molecule has 1 aliphatic heterocycles. The summed E-state index contributed by atoms with van der Waals surface area (Å²) in [6.07, 6.45) is 5.09. The van der Waals surface area contributed by atoms with Crippen LogP contribution in [0.4, 0.5) is 5.82 Å². The summed E-state index contributed by atoms with van der Waals surface area (Å²) in [7, 11) is 0. The Morgan fingerprint density at radius 2 is 2.35 bits per heavy atom. The Morgan fingerprint density at radius 1 is 1.53 bits per heavy atom. The van der Waals surface area contributed by atoms with Crippen molar-refractivity contribution in [3.05, 3.63) is 16.5 Å². The Kier molecular flexibility index (Phi) is 3.99. The SMILES string of the molecule is CCNc1nc(C2(C)CCCCO2)ncc1Br. The number of hydrogen-bond acceptors (Lipinski definition) is 4. The maximum Gasteiger partial charge on any atom is 0.162 e. The standard InChI is InChI=1S/C12H18BrN3O/c1-3-14-10-9(13)8-15-11(16-10)12(2)6-4-5-7-17-12/h8H,3-7H2,1-2H3,(H,14,15,16). The van der Waals surface area contributed by atoms with Gasteiger partial charge in [-0.25, -0.2) is 9.97 Å². The van der Waals surface area contributed by atoms with Crippen molar-refractivity contribution in [1.82, 2.24) is 9.97 Å². The molecule has 0 saturated carbocycles. The second-order valence-electron chi connectivity index (χ2n) is 4.46. The number of aromatic nitrogens is 2. The van der Waals surface area contributed by atoms with Gasteiger partial charge in [-0.1, -0.05) is 0 Å². The first kappa shape index (κ1) is 12.8. The van der Waals surface area contributed by atoms with Crippen LogP contribution in [0.2, 0.25) is 0 Å². The third kappa shape index (κ3) is 2.77. The number of hydrogen-bond donors (Lipinski definition) is 1. The predicted octanol–water partition coefficient (Wildman–Crippen LogP) is 3.09. The summed E-state index contributed by atoms with van der Waals surface area (Å²) < 4.78 is 6.75. The number of nitrogens with one attached hydrogen (secondary N) is 1. The second-order valence-corrected chi connectivity index (χ2v) is 5.31. The van der Waals surface area contributed by atoms with Crippen LogP contribution >= 0.6 is 15.9 Å². The van der Waals surface area contributed by atoms with E-state index in [1.54, 1.807) is 6.20 Å². The third-order valence-corrected chi connectivity index (χ3v) is 3.61. The average molecular weight is 300 g/mol. The van der Waals surface area contributed by atoms with Gasteiger partial charge in [0.05, 0.1) is 4.47 Å². The number of anilines is 1. The molecule has 4 nitrogen and oxygen atoms in total. The molecule has 1 unspecified atom stereocenters. The Morgan fingerprint density at radius 3 is 3.00 bits per heavy atom. The van der Waals surface area contributed by atoms with Crippen molar-refractivity contribution in [2.75, 3.05) is 18.5 Å². The molecule has 17 heavy (non-hydrogen) atoms. The fourth-order valence-electron chi connectivity index (χ4n) is 2.02. The van der Waals surface area contributed by atoms with Crippen LogP contribution in [0.3, 0.4) is 0 Å². The molecule has 2 heterocycles. The molecular weight excluding hydrogens is 282 g/mol. The third-order valence-electron chi connectivity index (χ3n) is 3.03. The van der Waals surface area contributed by atoms with E-state index in [9.17, 15) is 0 Å². The fraction of sp³-hybridized carbons (Fsp3) is 0.667. The lowest BCUT2D eigenvalue weighted by Gasteiger charge is -2.32. The van der Waals surface area contributed by atoms with E-state index >= 15 is 0 Å². The first-order chi connectivity index (χ1) is 8.15. The first-order valence-electron chi connectivity index (χ1n) is 6.06. The molecule has 5 heteroatoms. The Balaban J connectivity index is 2.28. The van der Waals surface area contributed by atoms with E-state index in [0.717, 1.165) is 42.1 Å². The topological polar surface area (TPSA) is 47.0 Å². The van der Waals surface area contributed by atoms with E-state index in [2.05, 4.69) is 38.1 Å². The summed E-state index contributed by atoms with van der Waals surface area (Å²) in [5, 5.41) is 3.22. The lowest BCUT2D eigenvalue weighted by atomic mass is 9.95. The molecule has 1 atom stereocenters. The number of nitrogens with zero attached hydrogens (tertiary/aromatic N) is 2. The highest BCUT2D eigenvalue weighted by atomic mass is 79.9. The second kappa shape index (κ2) is 5.31. The van der Waals surface area contributed by atoms with Crippen molar-refractivity contribution in [1.29, 1.82) is 0 Å². The van der Waals surface area contributed by atoms with Gasteiger partial charge < -0.3 is 10.1 Å². The highest BCUT2D eigenvalue weighted by molar-refractivity contribution is 9.10. The average Bonchev–Trinajstić information content (AvgIpc) is 2.33. The molecule has 0 aromatic carbocycles. The summed E-state index contributed by atoms with van der Waals surface area (Å²) in [6, 6.07) is 0. The van der Waals surface area contributed by atoms with E-state index in [0.29, 0.717) is 0 Å². The van der Waals surface area contributed by atoms with Gasteiger partial charge in [-0.2, -0.15) is 0 Å². The minimum atomic E-state index is -0.330. The van der Waals surface area contributed by atoms with Crippen LogP contribution in [0.5, 0.6) is 0 Å². The molecule has 0 amide bonds. The number of rotatable bonds is 3. The predicted molar refractivity (Wildman–Crippen MR) is 71.1 cm³/mol. The van der Waals surface area contributed by atoms with E-state index in [-0.39, 0.29) is 5.60 Å². The maximum atomic E-state index is 5.86. The van der Waals surface area contributed by atoms with Crippen molar-refractivity contribution in [2.45, 2.75) is 38.7 Å². The summed E-state index contributed by atoms with van der Waals surface area (Å²) in [6.45, 7) is 5.76. The molecular formula is C12H18BrN3O. The largest absolute Gasteiger partial charge is 0.369 e. The van der Waals surface area contributed by atoms with Crippen molar-refractivity contribution in [3.63, 3.8) is 0 Å². The van der Waals surface area contributed by atoms with E-state index in [1.165, 1.54) is 6.42 Å². The van der Waals surface area contributed by atoms with Gasteiger partial charge in [0.2, 0.25) is 0 Å². The van der Waals surface area contributed by atoms with Gasteiger partial charge in [-0.15, -0.1) is 0 Å². The molecule has 0 aliphatic carbocycles. The fourth-order valence-corrected chi connectivity index (χ4v) is 2.35. The Bertz CT molecular complexity index is 391. The van der Waals surface area contributed by atoms with Crippen LogP contribution in [0.15, 0.2) is 10.7 Å². The summed E-state index contributed by atoms with van der Waals surface area (Å²) in [4.78, 5) is 8.96. The number of halogens is 1. The van der Waals surface area contributed by atoms with Crippen molar-refractivity contribution in [2.24, 2.45) is 0 Å². The monoisotopic (exact) mass is 299 g/mol. The quantitative estimate of drug-likeness (QED) is 0.932. The molecule has 1 aromatic rings. The minimum absolute atomic E-state index is 0.330. The maximum absolute atomic E-state index is 5.86. The molecule has 2 rings (SSSR count). The van der Waals surface area contributed by atoms with Gasteiger partial charge in [-0.05, 0) is 49.0 Å². The van der Waals surface area contributed by atoms with Gasteiger partial charge in [0, 0.05) is 19.3 Å². The Labute approximate surface area is 110 Å². The molecule has 0 spiro atoms. The van der Waals surface area contributed by atoms with Crippen molar-refractivity contribution in [3.8, 4) is 0 Å². The zero-order chi connectivity index (χ0) is 12.3.